The smallest absolute Gasteiger partial charge is 0.330 e. The van der Waals surface area contributed by atoms with E-state index in [2.05, 4.69) is 13.5 Å². The van der Waals surface area contributed by atoms with Crippen LogP contribution in [-0.2, 0) is 19.1 Å². The zero-order valence-corrected chi connectivity index (χ0v) is 19.9. The topological polar surface area (TPSA) is 78.9 Å². The highest BCUT2D eigenvalue weighted by molar-refractivity contribution is 6.01. The van der Waals surface area contributed by atoms with Crippen molar-refractivity contribution in [2.45, 2.75) is 58.0 Å². The van der Waals surface area contributed by atoms with Gasteiger partial charge in [-0.25, -0.2) is 4.79 Å². The van der Waals surface area contributed by atoms with Gasteiger partial charge in [0.05, 0.1) is 13.2 Å². The molecule has 6 heteroatoms. The number of hydrogen-bond acceptors (Lipinski definition) is 6. The number of unbranched alkanes of at least 4 members (excludes halogenated alkanes) is 4. The van der Waals surface area contributed by atoms with E-state index >= 15 is 0 Å². The summed E-state index contributed by atoms with van der Waals surface area (Å²) in [6.07, 6.45) is 5.91. The quantitative estimate of drug-likeness (QED) is 0.130. The Bertz CT molecular complexity index is 922. The Balaban J connectivity index is 2.05. The molecule has 182 valence electrons. The third kappa shape index (κ3) is 9.61. The fourth-order valence-corrected chi connectivity index (χ4v) is 3.34. The van der Waals surface area contributed by atoms with Gasteiger partial charge in [-0.15, -0.1) is 0 Å². The minimum Gasteiger partial charge on any atom is -0.493 e. The van der Waals surface area contributed by atoms with Gasteiger partial charge in [0, 0.05) is 30.0 Å². The van der Waals surface area contributed by atoms with Crippen LogP contribution in [0.4, 0.5) is 0 Å². The zero-order chi connectivity index (χ0) is 24.6. The molecule has 0 N–H and O–H groups in total. The van der Waals surface area contributed by atoms with Gasteiger partial charge < -0.3 is 14.2 Å². The van der Waals surface area contributed by atoms with E-state index in [-0.39, 0.29) is 24.8 Å². The van der Waals surface area contributed by atoms with Gasteiger partial charge in [0.25, 0.3) is 0 Å². The average Bonchev–Trinajstić information content (AvgIpc) is 2.87. The van der Waals surface area contributed by atoms with Crippen LogP contribution in [0.25, 0.3) is 0 Å². The Hall–Kier alpha value is -3.41. The fraction of sp³-hybridized carbons (Fsp3) is 0.393. The second-order valence-electron chi connectivity index (χ2n) is 7.91. The Morgan fingerprint density at radius 1 is 0.912 bits per heavy atom. The Kier molecular flexibility index (Phi) is 12.2. The normalized spacial score (nSPS) is 11.3. The molecule has 1 unspecified atom stereocenters. The summed E-state index contributed by atoms with van der Waals surface area (Å²) in [7, 11) is 0. The van der Waals surface area contributed by atoms with Gasteiger partial charge in [0.15, 0.2) is 6.10 Å². The van der Waals surface area contributed by atoms with Crippen molar-refractivity contribution >= 4 is 17.7 Å². The molecule has 0 aromatic heterocycles. The maximum absolute atomic E-state index is 13.2. The molecule has 0 bridgehead atoms. The van der Waals surface area contributed by atoms with Gasteiger partial charge in [-0.3, -0.25) is 9.59 Å². The Labute approximate surface area is 201 Å². The van der Waals surface area contributed by atoms with Crippen LogP contribution in [0.5, 0.6) is 5.75 Å². The van der Waals surface area contributed by atoms with E-state index in [9.17, 15) is 14.4 Å². The molecule has 0 saturated heterocycles. The SMILES string of the molecule is C=CC(=O)OCCCOc1cccc(C(OC(=O)CCCCCCC)C(=O)c2ccccc2)c1. The number of ketones is 1. The highest BCUT2D eigenvalue weighted by atomic mass is 16.5. The van der Waals surface area contributed by atoms with E-state index in [1.807, 2.05) is 6.07 Å². The molecule has 0 spiro atoms. The van der Waals surface area contributed by atoms with Crippen molar-refractivity contribution in [2.75, 3.05) is 13.2 Å². The molecular weight excluding hydrogens is 432 g/mol. The van der Waals surface area contributed by atoms with Gasteiger partial charge >= 0.3 is 11.9 Å². The first-order valence-electron chi connectivity index (χ1n) is 11.9. The largest absolute Gasteiger partial charge is 0.493 e. The molecule has 0 heterocycles. The molecule has 2 aromatic rings. The van der Waals surface area contributed by atoms with Crippen LogP contribution < -0.4 is 4.74 Å². The first-order valence-corrected chi connectivity index (χ1v) is 11.9. The second kappa shape index (κ2) is 15.4. The molecule has 0 radical (unpaired) electrons. The van der Waals surface area contributed by atoms with Crippen molar-refractivity contribution in [2.24, 2.45) is 0 Å². The number of Topliss-reactive ketones (excluding diaryl/α,β-unsaturated/α-hetero) is 1. The van der Waals surface area contributed by atoms with Crippen molar-refractivity contribution in [1.29, 1.82) is 0 Å². The molecule has 34 heavy (non-hydrogen) atoms. The zero-order valence-electron chi connectivity index (χ0n) is 19.9. The van der Waals surface area contributed by atoms with Crippen LogP contribution in [0, 0.1) is 0 Å². The first-order chi connectivity index (χ1) is 16.5. The lowest BCUT2D eigenvalue weighted by Crippen LogP contribution is -2.20. The Morgan fingerprint density at radius 2 is 1.68 bits per heavy atom. The van der Waals surface area contributed by atoms with Crippen LogP contribution >= 0.6 is 0 Å². The number of carbonyl (C=O) groups excluding carboxylic acids is 3. The Morgan fingerprint density at radius 3 is 2.41 bits per heavy atom. The summed E-state index contributed by atoms with van der Waals surface area (Å²) in [5, 5.41) is 0. The molecule has 6 nitrogen and oxygen atoms in total. The van der Waals surface area contributed by atoms with Crippen LogP contribution in [0.2, 0.25) is 0 Å². The summed E-state index contributed by atoms with van der Waals surface area (Å²) >= 11 is 0. The molecule has 0 amide bonds. The molecule has 1 atom stereocenters. The van der Waals surface area contributed by atoms with E-state index < -0.39 is 12.1 Å². The third-order valence-corrected chi connectivity index (χ3v) is 5.16. The minimum atomic E-state index is -1.05. The highest BCUT2D eigenvalue weighted by Crippen LogP contribution is 2.27. The summed E-state index contributed by atoms with van der Waals surface area (Å²) in [6.45, 7) is 6.03. The summed E-state index contributed by atoms with van der Waals surface area (Å²) in [5.74, 6) is -0.611. The second-order valence-corrected chi connectivity index (χ2v) is 7.91. The molecule has 0 fully saturated rings. The summed E-state index contributed by atoms with van der Waals surface area (Å²) in [6, 6.07) is 15.8. The van der Waals surface area contributed by atoms with Crippen molar-refractivity contribution in [3.8, 4) is 5.75 Å². The molecular formula is C28H34O6. The van der Waals surface area contributed by atoms with Crippen LogP contribution in [0.3, 0.4) is 0 Å². The van der Waals surface area contributed by atoms with Gasteiger partial charge in [0.1, 0.15) is 5.75 Å². The lowest BCUT2D eigenvalue weighted by molar-refractivity contribution is -0.147. The average molecular weight is 467 g/mol. The third-order valence-electron chi connectivity index (χ3n) is 5.16. The van der Waals surface area contributed by atoms with Crippen LogP contribution in [0.1, 0.15) is 73.9 Å². The fourth-order valence-electron chi connectivity index (χ4n) is 3.34. The maximum Gasteiger partial charge on any atom is 0.330 e. The van der Waals surface area contributed by atoms with E-state index in [0.717, 1.165) is 38.2 Å². The van der Waals surface area contributed by atoms with E-state index in [4.69, 9.17) is 14.2 Å². The van der Waals surface area contributed by atoms with E-state index in [0.29, 0.717) is 29.9 Å². The summed E-state index contributed by atoms with van der Waals surface area (Å²) in [4.78, 5) is 36.9. The van der Waals surface area contributed by atoms with Gasteiger partial charge in [-0.05, 0) is 18.6 Å². The van der Waals surface area contributed by atoms with E-state index in [1.54, 1.807) is 48.5 Å². The first kappa shape index (κ1) is 26.8. The lowest BCUT2D eigenvalue weighted by Gasteiger charge is -2.18. The minimum absolute atomic E-state index is 0.218. The van der Waals surface area contributed by atoms with E-state index in [1.165, 1.54) is 0 Å². The molecule has 0 saturated carbocycles. The molecule has 0 aliphatic heterocycles. The maximum atomic E-state index is 13.2. The van der Waals surface area contributed by atoms with Crippen molar-refractivity contribution in [1.82, 2.24) is 0 Å². The summed E-state index contributed by atoms with van der Waals surface area (Å²) < 4.78 is 16.4. The number of esters is 2. The monoisotopic (exact) mass is 466 g/mol. The standard InChI is InChI=1S/C28H34O6/c1-3-5-6-7-11-18-26(30)34-28(27(31)22-14-9-8-10-15-22)23-16-12-17-24(21-23)32-19-13-20-33-25(29)4-2/h4,8-10,12,14-17,21,28H,2-3,5-7,11,13,18-20H2,1H3. The van der Waals surface area contributed by atoms with Gasteiger partial charge in [0.2, 0.25) is 5.78 Å². The van der Waals surface area contributed by atoms with Crippen LogP contribution in [-0.4, -0.2) is 30.9 Å². The predicted octanol–water partition coefficient (Wildman–Crippen LogP) is 6.01. The number of benzene rings is 2. The van der Waals surface area contributed by atoms with Crippen molar-refractivity contribution in [3.63, 3.8) is 0 Å². The molecule has 0 aliphatic rings. The molecule has 2 aromatic carbocycles. The number of rotatable bonds is 16. The predicted molar refractivity (Wildman–Crippen MR) is 131 cm³/mol. The highest BCUT2D eigenvalue weighted by Gasteiger charge is 2.26. The van der Waals surface area contributed by atoms with Gasteiger partial charge in [-0.1, -0.05) is 81.7 Å². The van der Waals surface area contributed by atoms with Crippen molar-refractivity contribution in [3.05, 3.63) is 78.4 Å². The number of carbonyl (C=O) groups is 3. The van der Waals surface area contributed by atoms with Crippen LogP contribution in [0.15, 0.2) is 67.3 Å². The van der Waals surface area contributed by atoms with Crippen molar-refractivity contribution < 1.29 is 28.6 Å². The molecule has 0 aliphatic carbocycles. The summed E-state index contributed by atoms with van der Waals surface area (Å²) in [5.41, 5.74) is 1.02. The molecule has 2 rings (SSSR count). The lowest BCUT2D eigenvalue weighted by atomic mass is 9.99. The number of hydrogen-bond donors (Lipinski definition) is 0. The number of ether oxygens (including phenoxy) is 3. The van der Waals surface area contributed by atoms with Gasteiger partial charge in [-0.2, -0.15) is 0 Å².